The number of hydrogen-bond donors (Lipinski definition) is 2. The maximum atomic E-state index is 5.28. The molecule has 27 heavy (non-hydrogen) atoms. The normalized spacial score (nSPS) is 11.4. The highest BCUT2D eigenvalue weighted by Gasteiger charge is 2.09. The summed E-state index contributed by atoms with van der Waals surface area (Å²) in [4.78, 5) is 9.11. The number of aryl methyl sites for hydroxylation is 2. The zero-order valence-corrected chi connectivity index (χ0v) is 19.1. The van der Waals surface area contributed by atoms with Crippen LogP contribution in [-0.4, -0.2) is 29.2 Å². The summed E-state index contributed by atoms with van der Waals surface area (Å²) in [5, 5.41) is 10.7. The summed E-state index contributed by atoms with van der Waals surface area (Å²) in [6.07, 6.45) is 2.71. The SMILES string of the molecule is CCNC(=NCc1ccccc1CC)NCCCc1nc(C(C)C)no1.I. The van der Waals surface area contributed by atoms with Crippen molar-refractivity contribution >= 4 is 29.9 Å². The van der Waals surface area contributed by atoms with Gasteiger partial charge in [-0.25, -0.2) is 4.99 Å². The molecule has 0 fully saturated rings. The molecule has 0 aliphatic heterocycles. The second-order valence-electron chi connectivity index (χ2n) is 6.55. The number of halogens is 1. The van der Waals surface area contributed by atoms with E-state index in [0.717, 1.165) is 44.1 Å². The van der Waals surface area contributed by atoms with Crippen molar-refractivity contribution in [3.05, 3.63) is 47.1 Å². The van der Waals surface area contributed by atoms with E-state index in [-0.39, 0.29) is 24.0 Å². The van der Waals surface area contributed by atoms with Crippen LogP contribution in [-0.2, 0) is 19.4 Å². The van der Waals surface area contributed by atoms with E-state index in [9.17, 15) is 0 Å². The van der Waals surface area contributed by atoms with Crippen LogP contribution >= 0.6 is 24.0 Å². The van der Waals surface area contributed by atoms with Crippen molar-refractivity contribution in [1.29, 1.82) is 0 Å². The van der Waals surface area contributed by atoms with Gasteiger partial charge in [-0.1, -0.05) is 50.2 Å². The number of nitrogens with one attached hydrogen (secondary N) is 2. The van der Waals surface area contributed by atoms with E-state index in [1.54, 1.807) is 0 Å². The Morgan fingerprint density at radius 2 is 1.89 bits per heavy atom. The van der Waals surface area contributed by atoms with Gasteiger partial charge in [-0.05, 0) is 30.9 Å². The maximum absolute atomic E-state index is 5.28. The minimum absolute atomic E-state index is 0. The van der Waals surface area contributed by atoms with Crippen molar-refractivity contribution in [3.8, 4) is 0 Å². The summed E-state index contributed by atoms with van der Waals surface area (Å²) in [6.45, 7) is 10.7. The predicted molar refractivity (Wildman–Crippen MR) is 121 cm³/mol. The van der Waals surface area contributed by atoms with Crippen molar-refractivity contribution < 1.29 is 4.52 Å². The Kier molecular flexibility index (Phi) is 11.0. The molecule has 2 rings (SSSR count). The molecule has 6 nitrogen and oxygen atoms in total. The Balaban J connectivity index is 0.00000364. The molecule has 7 heteroatoms. The molecule has 150 valence electrons. The summed E-state index contributed by atoms with van der Waals surface area (Å²) >= 11 is 0. The van der Waals surface area contributed by atoms with Gasteiger partial charge < -0.3 is 15.2 Å². The second kappa shape index (κ2) is 12.7. The minimum atomic E-state index is 0. The largest absolute Gasteiger partial charge is 0.357 e. The highest BCUT2D eigenvalue weighted by Crippen LogP contribution is 2.11. The zero-order valence-electron chi connectivity index (χ0n) is 16.8. The van der Waals surface area contributed by atoms with Crippen LogP contribution in [0, 0.1) is 0 Å². The third-order valence-corrected chi connectivity index (χ3v) is 4.11. The molecule has 1 aromatic heterocycles. The fourth-order valence-electron chi connectivity index (χ4n) is 2.61. The summed E-state index contributed by atoms with van der Waals surface area (Å²) in [7, 11) is 0. The first kappa shape index (κ1) is 23.4. The van der Waals surface area contributed by atoms with Gasteiger partial charge in [0.1, 0.15) is 0 Å². The molecule has 0 spiro atoms. The van der Waals surface area contributed by atoms with E-state index in [0.29, 0.717) is 18.4 Å². The third kappa shape index (κ3) is 7.86. The lowest BCUT2D eigenvalue weighted by Gasteiger charge is -2.11. The van der Waals surface area contributed by atoms with Crippen LogP contribution in [0.1, 0.15) is 62.9 Å². The molecule has 2 N–H and O–H groups in total. The average Bonchev–Trinajstić information content (AvgIpc) is 3.12. The van der Waals surface area contributed by atoms with Crippen LogP contribution in [0.2, 0.25) is 0 Å². The van der Waals surface area contributed by atoms with Crippen LogP contribution < -0.4 is 10.6 Å². The first-order valence-corrected chi connectivity index (χ1v) is 9.55. The molecule has 0 atom stereocenters. The molecule has 1 aromatic carbocycles. The predicted octanol–water partition coefficient (Wildman–Crippen LogP) is 4.06. The minimum Gasteiger partial charge on any atom is -0.357 e. The van der Waals surface area contributed by atoms with Gasteiger partial charge in [-0.15, -0.1) is 24.0 Å². The highest BCUT2D eigenvalue weighted by atomic mass is 127. The number of rotatable bonds is 9. The van der Waals surface area contributed by atoms with Crippen LogP contribution in [0.4, 0.5) is 0 Å². The number of nitrogens with zero attached hydrogens (tertiary/aromatic N) is 3. The maximum Gasteiger partial charge on any atom is 0.226 e. The lowest BCUT2D eigenvalue weighted by Crippen LogP contribution is -2.37. The molecular formula is C20H32IN5O. The summed E-state index contributed by atoms with van der Waals surface area (Å²) in [5.74, 6) is 2.61. The third-order valence-electron chi connectivity index (χ3n) is 4.11. The lowest BCUT2D eigenvalue weighted by atomic mass is 10.1. The van der Waals surface area contributed by atoms with Crippen molar-refractivity contribution in [2.24, 2.45) is 4.99 Å². The number of hydrogen-bond acceptors (Lipinski definition) is 4. The van der Waals surface area contributed by atoms with Crippen molar-refractivity contribution in [2.45, 2.75) is 59.4 Å². The van der Waals surface area contributed by atoms with Gasteiger partial charge in [-0.3, -0.25) is 0 Å². The topological polar surface area (TPSA) is 75.3 Å². The first-order valence-electron chi connectivity index (χ1n) is 9.55. The molecule has 0 amide bonds. The van der Waals surface area contributed by atoms with Crippen LogP contribution in [0.5, 0.6) is 0 Å². The molecule has 0 aliphatic rings. The molecule has 1 heterocycles. The Hall–Kier alpha value is -1.64. The van der Waals surface area contributed by atoms with E-state index >= 15 is 0 Å². The summed E-state index contributed by atoms with van der Waals surface area (Å²) in [5.41, 5.74) is 2.63. The highest BCUT2D eigenvalue weighted by molar-refractivity contribution is 14.0. The molecule has 0 radical (unpaired) electrons. The fraction of sp³-hybridized carbons (Fsp3) is 0.550. The van der Waals surface area contributed by atoms with Gasteiger partial charge in [0.25, 0.3) is 0 Å². The number of aromatic nitrogens is 2. The van der Waals surface area contributed by atoms with Gasteiger partial charge in [0.05, 0.1) is 6.54 Å². The molecule has 0 saturated carbocycles. The van der Waals surface area contributed by atoms with Gasteiger partial charge in [0.2, 0.25) is 5.89 Å². The lowest BCUT2D eigenvalue weighted by molar-refractivity contribution is 0.368. The second-order valence-corrected chi connectivity index (χ2v) is 6.55. The van der Waals surface area contributed by atoms with E-state index in [1.807, 2.05) is 0 Å². The molecule has 2 aromatic rings. The Morgan fingerprint density at radius 3 is 2.52 bits per heavy atom. The zero-order chi connectivity index (χ0) is 18.8. The van der Waals surface area contributed by atoms with Gasteiger partial charge in [0, 0.05) is 25.4 Å². The smallest absolute Gasteiger partial charge is 0.226 e. The monoisotopic (exact) mass is 485 g/mol. The quantitative estimate of drug-likeness (QED) is 0.243. The average molecular weight is 485 g/mol. The number of guanidine groups is 1. The molecule has 0 unspecified atom stereocenters. The molecular weight excluding hydrogens is 453 g/mol. The summed E-state index contributed by atoms with van der Waals surface area (Å²) < 4.78 is 5.28. The van der Waals surface area contributed by atoms with E-state index < -0.39 is 0 Å². The van der Waals surface area contributed by atoms with Crippen LogP contribution in [0.25, 0.3) is 0 Å². The molecule has 0 aliphatic carbocycles. The van der Waals surface area contributed by atoms with Gasteiger partial charge in [0.15, 0.2) is 11.8 Å². The summed E-state index contributed by atoms with van der Waals surface area (Å²) in [6, 6.07) is 8.46. The van der Waals surface area contributed by atoms with Crippen molar-refractivity contribution in [1.82, 2.24) is 20.8 Å². The molecule has 0 saturated heterocycles. The van der Waals surface area contributed by atoms with Crippen LogP contribution in [0.3, 0.4) is 0 Å². The standard InChI is InChI=1S/C20H31N5O.HI/c1-5-16-10-7-8-11-17(16)14-23-20(21-6-2)22-13-9-12-18-24-19(15(3)4)25-26-18;/h7-8,10-11,15H,5-6,9,12-14H2,1-4H3,(H2,21,22,23);1H. The van der Waals surface area contributed by atoms with Gasteiger partial charge in [-0.2, -0.15) is 4.98 Å². The Bertz CT molecular complexity index is 699. The van der Waals surface area contributed by atoms with Crippen molar-refractivity contribution in [3.63, 3.8) is 0 Å². The molecule has 0 bridgehead atoms. The first-order chi connectivity index (χ1) is 12.6. The van der Waals surface area contributed by atoms with Gasteiger partial charge >= 0.3 is 0 Å². The van der Waals surface area contributed by atoms with E-state index in [4.69, 9.17) is 9.52 Å². The fourth-order valence-corrected chi connectivity index (χ4v) is 2.61. The van der Waals surface area contributed by atoms with Crippen molar-refractivity contribution in [2.75, 3.05) is 13.1 Å². The Labute approximate surface area is 179 Å². The number of aliphatic imine (C=N–C) groups is 1. The van der Waals surface area contributed by atoms with Crippen LogP contribution in [0.15, 0.2) is 33.8 Å². The number of benzene rings is 1. The Morgan fingerprint density at radius 1 is 1.15 bits per heavy atom. The van der Waals surface area contributed by atoms with E-state index in [2.05, 4.69) is 72.7 Å². The van der Waals surface area contributed by atoms with E-state index in [1.165, 1.54) is 11.1 Å².